The average molecular weight is 714 g/mol. The zero-order chi connectivity index (χ0) is 23.9. The van der Waals surface area contributed by atoms with Crippen molar-refractivity contribution in [2.24, 2.45) is 0 Å². The van der Waals surface area contributed by atoms with Crippen molar-refractivity contribution in [2.75, 3.05) is 0 Å². The first kappa shape index (κ1) is 28.4. The maximum Gasteiger partial charge on any atom is 4.00 e. The van der Waals surface area contributed by atoms with Crippen molar-refractivity contribution in [1.29, 1.82) is 0 Å². The molecule has 0 aliphatic heterocycles. The molecule has 0 saturated carbocycles. The molecular formula is C30H20Cl2HfN6. The van der Waals surface area contributed by atoms with E-state index in [4.69, 9.17) is 0 Å². The summed E-state index contributed by atoms with van der Waals surface area (Å²) in [5.41, 5.74) is 6.03. The second-order valence-corrected chi connectivity index (χ2v) is 8.66. The Kier molecular flexibility index (Phi) is 8.75. The number of halogens is 2. The molecule has 0 aliphatic rings. The summed E-state index contributed by atoms with van der Waals surface area (Å²) in [6, 6.07) is 41.1. The number of hydrogen-bond acceptors (Lipinski definition) is 4. The van der Waals surface area contributed by atoms with E-state index in [1.165, 1.54) is 21.5 Å². The zero-order valence-corrected chi connectivity index (χ0v) is 25.6. The van der Waals surface area contributed by atoms with Crippen molar-refractivity contribution in [1.82, 2.24) is 30.0 Å². The van der Waals surface area contributed by atoms with Gasteiger partial charge in [0, 0.05) is 0 Å². The Morgan fingerprint density at radius 2 is 0.872 bits per heavy atom. The number of benzene rings is 4. The van der Waals surface area contributed by atoms with Crippen LogP contribution >= 0.6 is 0 Å². The molecule has 0 N–H and O–H groups in total. The van der Waals surface area contributed by atoms with Gasteiger partial charge in [-0.2, -0.15) is 0 Å². The van der Waals surface area contributed by atoms with Crippen LogP contribution in [-0.2, 0) is 25.8 Å². The second-order valence-electron chi connectivity index (χ2n) is 8.66. The van der Waals surface area contributed by atoms with E-state index in [1.807, 2.05) is 82.2 Å². The van der Waals surface area contributed by atoms with Gasteiger partial charge in [0.25, 0.3) is 0 Å². The second kappa shape index (κ2) is 12.0. The van der Waals surface area contributed by atoms with E-state index in [1.54, 1.807) is 0 Å². The number of nitrogens with zero attached hydrogens (tertiary/aromatic N) is 6. The third-order valence-corrected chi connectivity index (χ3v) is 6.40. The number of para-hydroxylation sites is 2. The first-order chi connectivity index (χ1) is 17.8. The molecule has 0 bridgehead atoms. The molecule has 2 aromatic heterocycles. The van der Waals surface area contributed by atoms with Crippen LogP contribution in [0.5, 0.6) is 0 Å². The Bertz CT molecular complexity index is 1770. The Morgan fingerprint density at radius 1 is 0.487 bits per heavy atom. The van der Waals surface area contributed by atoms with Crippen LogP contribution < -0.4 is 24.8 Å². The summed E-state index contributed by atoms with van der Waals surface area (Å²) in [7, 11) is 0. The van der Waals surface area contributed by atoms with E-state index in [0.29, 0.717) is 0 Å². The number of hydrogen-bond donors (Lipinski definition) is 0. The van der Waals surface area contributed by atoms with Crippen molar-refractivity contribution in [3.63, 3.8) is 0 Å². The van der Waals surface area contributed by atoms with E-state index in [0.717, 1.165) is 33.4 Å². The van der Waals surface area contributed by atoms with E-state index in [-0.39, 0.29) is 50.7 Å². The smallest absolute Gasteiger partial charge is 1.00 e. The van der Waals surface area contributed by atoms with Crippen LogP contribution in [0.4, 0.5) is 0 Å². The monoisotopic (exact) mass is 714 g/mol. The summed E-state index contributed by atoms with van der Waals surface area (Å²) in [4.78, 5) is 0. The van der Waals surface area contributed by atoms with Gasteiger partial charge in [-0.05, 0) is 35.6 Å². The number of aromatic nitrogens is 6. The first-order valence-corrected chi connectivity index (χ1v) is 11.8. The minimum Gasteiger partial charge on any atom is -1.00 e. The van der Waals surface area contributed by atoms with Crippen LogP contribution in [0.25, 0.3) is 55.0 Å². The number of fused-ring (bicyclic) bond motifs is 4. The summed E-state index contributed by atoms with van der Waals surface area (Å²) >= 11 is 0. The van der Waals surface area contributed by atoms with E-state index < -0.39 is 0 Å². The third kappa shape index (κ3) is 5.30. The van der Waals surface area contributed by atoms with Crippen LogP contribution in [0, 0.1) is 0 Å². The zero-order valence-electron chi connectivity index (χ0n) is 20.5. The summed E-state index contributed by atoms with van der Waals surface area (Å²) < 4.78 is 3.77. The van der Waals surface area contributed by atoms with Crippen molar-refractivity contribution in [3.05, 3.63) is 121 Å². The molecule has 8 rings (SSSR count). The van der Waals surface area contributed by atoms with Gasteiger partial charge >= 0.3 is 25.8 Å². The molecule has 6 aromatic carbocycles. The maximum absolute atomic E-state index is 4.23. The molecule has 0 unspecified atom stereocenters. The van der Waals surface area contributed by atoms with E-state index in [9.17, 15) is 0 Å². The van der Waals surface area contributed by atoms with Crippen LogP contribution in [0.1, 0.15) is 0 Å². The topological polar surface area (TPSA) is 61.4 Å². The van der Waals surface area contributed by atoms with Gasteiger partial charge in [-0.3, -0.25) is 0 Å². The molecule has 0 spiro atoms. The Balaban J connectivity index is 0.000000168. The maximum atomic E-state index is 4.23. The van der Waals surface area contributed by atoms with Gasteiger partial charge < -0.3 is 24.8 Å². The van der Waals surface area contributed by atoms with Crippen LogP contribution in [-0.4, -0.2) is 30.0 Å². The fraction of sp³-hybridized carbons (Fsp3) is 0. The summed E-state index contributed by atoms with van der Waals surface area (Å²) in [6.45, 7) is 0. The van der Waals surface area contributed by atoms with E-state index >= 15 is 0 Å². The molecule has 0 atom stereocenters. The van der Waals surface area contributed by atoms with Crippen LogP contribution in [0.15, 0.2) is 121 Å². The average Bonchev–Trinajstić information content (AvgIpc) is 3.71. The molecule has 8 aromatic rings. The van der Waals surface area contributed by atoms with E-state index in [2.05, 4.69) is 69.2 Å². The predicted molar refractivity (Wildman–Crippen MR) is 144 cm³/mol. The number of rotatable bonds is 2. The Morgan fingerprint density at radius 3 is 1.31 bits per heavy atom. The standard InChI is InChI=1S/2C15H10N3.2ClH.Hf/c2*1-2-6-12-10-13(9-11(12)5-1)18-15-8-4-3-7-14(15)16-17-18;;;/h2*1-10H;2*1H;/q2*-1;;;+4/p-2. The summed E-state index contributed by atoms with van der Waals surface area (Å²) in [5, 5.41) is 21.7. The van der Waals surface area contributed by atoms with Gasteiger partial charge in [0.15, 0.2) is 0 Å². The largest absolute Gasteiger partial charge is 4.00 e. The Hall–Kier alpha value is -3.65. The summed E-state index contributed by atoms with van der Waals surface area (Å²) in [5.74, 6) is 0. The molecule has 9 heteroatoms. The van der Waals surface area contributed by atoms with Gasteiger partial charge in [0.05, 0.1) is 11.0 Å². The minimum absolute atomic E-state index is 0. The Labute approximate surface area is 255 Å². The molecule has 39 heavy (non-hydrogen) atoms. The van der Waals surface area contributed by atoms with Crippen molar-refractivity contribution in [2.45, 2.75) is 0 Å². The summed E-state index contributed by atoms with van der Waals surface area (Å²) in [6.07, 6.45) is 0. The molecule has 2 heterocycles. The van der Waals surface area contributed by atoms with Crippen molar-refractivity contribution >= 4 is 43.6 Å². The fourth-order valence-corrected chi connectivity index (χ4v) is 4.63. The van der Waals surface area contributed by atoms with Gasteiger partial charge in [-0.15, -0.1) is 92.4 Å². The molecule has 0 saturated heterocycles. The van der Waals surface area contributed by atoms with Crippen molar-refractivity contribution < 1.29 is 50.7 Å². The molecule has 6 nitrogen and oxygen atoms in total. The molecule has 0 aliphatic carbocycles. The van der Waals surface area contributed by atoms with Gasteiger partial charge in [0.1, 0.15) is 11.0 Å². The van der Waals surface area contributed by atoms with Gasteiger partial charge in [-0.1, -0.05) is 46.8 Å². The minimum atomic E-state index is 0. The van der Waals surface area contributed by atoms with Gasteiger partial charge in [0.2, 0.25) is 0 Å². The normalized spacial score (nSPS) is 10.5. The predicted octanol–water partition coefficient (Wildman–Crippen LogP) is 0.591. The van der Waals surface area contributed by atoms with Gasteiger partial charge in [-0.25, -0.2) is 9.36 Å². The molecule has 0 radical (unpaired) electrons. The third-order valence-electron chi connectivity index (χ3n) is 6.40. The SMILES string of the molecule is [Cl-].[Cl-].[Hf+4].c1ccc2[cH-]c(-n3nnc4ccccc43)cc2c1.c1ccc2[cH-]c(-n3nnc4ccccc43)cc2c1. The molecular weight excluding hydrogens is 694 g/mol. The molecule has 188 valence electrons. The van der Waals surface area contributed by atoms with Crippen molar-refractivity contribution in [3.8, 4) is 11.4 Å². The van der Waals surface area contributed by atoms with Crippen LogP contribution in [0.2, 0.25) is 0 Å². The first-order valence-electron chi connectivity index (χ1n) is 11.8. The molecule has 0 amide bonds. The fourth-order valence-electron chi connectivity index (χ4n) is 4.63. The quantitative estimate of drug-likeness (QED) is 0.195. The van der Waals surface area contributed by atoms with Crippen LogP contribution in [0.3, 0.4) is 0 Å². The molecule has 0 fully saturated rings.